The Kier molecular flexibility index (Phi) is 5.46. The van der Waals surface area contributed by atoms with Gasteiger partial charge in [-0.1, -0.05) is 5.16 Å². The number of hydrogen-bond donors (Lipinski definition) is 1. The third-order valence-electron chi connectivity index (χ3n) is 3.54. The topological polar surface area (TPSA) is 84.5 Å². The van der Waals surface area contributed by atoms with E-state index in [2.05, 4.69) is 5.16 Å². The molecule has 0 spiro atoms. The first kappa shape index (κ1) is 16.8. The highest BCUT2D eigenvalue weighted by molar-refractivity contribution is 5.97. The standard InChI is InChI=1S/C18H20N2O5/c1-21-14-5-3-13(4-6-14)18(19)20-25-10-2-9-22-15-7-8-16-17(11-15)24-12-23-16/h3-8,11H,2,9-10,12H2,1H3,(H2,19,20). The summed E-state index contributed by atoms with van der Waals surface area (Å²) in [6.07, 6.45) is 0.674. The molecular weight excluding hydrogens is 324 g/mol. The fraction of sp³-hybridized carbons (Fsp3) is 0.278. The number of ether oxygens (including phenoxy) is 4. The number of hydrogen-bond acceptors (Lipinski definition) is 6. The second-order valence-corrected chi connectivity index (χ2v) is 5.26. The van der Waals surface area contributed by atoms with E-state index in [0.717, 1.165) is 22.8 Å². The highest BCUT2D eigenvalue weighted by Crippen LogP contribution is 2.35. The largest absolute Gasteiger partial charge is 0.497 e. The molecule has 1 heterocycles. The molecule has 2 aromatic carbocycles. The zero-order valence-electron chi connectivity index (χ0n) is 13.9. The first-order valence-electron chi connectivity index (χ1n) is 7.88. The van der Waals surface area contributed by atoms with Gasteiger partial charge in [0, 0.05) is 18.1 Å². The summed E-state index contributed by atoms with van der Waals surface area (Å²) in [5.41, 5.74) is 6.65. The number of methoxy groups -OCH3 is 1. The zero-order chi connectivity index (χ0) is 17.5. The first-order valence-corrected chi connectivity index (χ1v) is 7.88. The second kappa shape index (κ2) is 8.14. The van der Waals surface area contributed by atoms with Crippen molar-refractivity contribution in [3.63, 3.8) is 0 Å². The number of nitrogens with two attached hydrogens (primary N) is 1. The molecule has 0 atom stereocenters. The fourth-order valence-corrected chi connectivity index (χ4v) is 2.21. The molecular formula is C18H20N2O5. The lowest BCUT2D eigenvalue weighted by molar-refractivity contribution is 0.127. The molecule has 2 aromatic rings. The van der Waals surface area contributed by atoms with E-state index in [1.807, 2.05) is 42.5 Å². The van der Waals surface area contributed by atoms with Crippen LogP contribution in [0, 0.1) is 0 Å². The van der Waals surface area contributed by atoms with Gasteiger partial charge in [0.15, 0.2) is 17.3 Å². The highest BCUT2D eigenvalue weighted by Gasteiger charge is 2.13. The Bertz CT molecular complexity index is 731. The molecule has 2 N–H and O–H groups in total. The normalized spacial score (nSPS) is 12.8. The zero-order valence-corrected chi connectivity index (χ0v) is 13.9. The molecule has 7 heteroatoms. The lowest BCUT2D eigenvalue weighted by Gasteiger charge is -2.07. The van der Waals surface area contributed by atoms with Gasteiger partial charge in [0.2, 0.25) is 6.79 Å². The van der Waals surface area contributed by atoms with Gasteiger partial charge in [0.1, 0.15) is 18.1 Å². The van der Waals surface area contributed by atoms with E-state index in [-0.39, 0.29) is 6.79 Å². The molecule has 1 aliphatic rings. The molecule has 3 rings (SSSR count). The van der Waals surface area contributed by atoms with Crippen LogP contribution in [0.2, 0.25) is 0 Å². The van der Waals surface area contributed by atoms with E-state index in [1.54, 1.807) is 7.11 Å². The molecule has 132 valence electrons. The Morgan fingerprint density at radius 3 is 2.60 bits per heavy atom. The predicted molar refractivity (Wildman–Crippen MR) is 92.3 cm³/mol. The molecule has 1 aliphatic heterocycles. The average Bonchev–Trinajstić information content (AvgIpc) is 3.12. The van der Waals surface area contributed by atoms with Crippen LogP contribution in [0.25, 0.3) is 0 Å². The Morgan fingerprint density at radius 1 is 1.04 bits per heavy atom. The quantitative estimate of drug-likeness (QED) is 0.343. The van der Waals surface area contributed by atoms with Crippen molar-refractivity contribution in [1.82, 2.24) is 0 Å². The number of oxime groups is 1. The van der Waals surface area contributed by atoms with Gasteiger partial charge in [0.25, 0.3) is 0 Å². The summed E-state index contributed by atoms with van der Waals surface area (Å²) in [7, 11) is 1.61. The van der Waals surface area contributed by atoms with Crippen molar-refractivity contribution < 1.29 is 23.8 Å². The molecule has 0 radical (unpaired) electrons. The SMILES string of the molecule is COc1ccc(/C(N)=N/OCCCOc2ccc3c(c2)OCO3)cc1. The van der Waals surface area contributed by atoms with Crippen molar-refractivity contribution >= 4 is 5.84 Å². The molecule has 0 saturated heterocycles. The summed E-state index contributed by atoms with van der Waals surface area (Å²) in [6.45, 7) is 1.15. The van der Waals surface area contributed by atoms with Crippen LogP contribution in [-0.2, 0) is 4.84 Å². The maximum Gasteiger partial charge on any atom is 0.231 e. The number of benzene rings is 2. The van der Waals surface area contributed by atoms with Crippen LogP contribution < -0.4 is 24.7 Å². The van der Waals surface area contributed by atoms with Crippen LogP contribution in [0.1, 0.15) is 12.0 Å². The molecule has 0 aliphatic carbocycles. The van der Waals surface area contributed by atoms with E-state index < -0.39 is 0 Å². The lowest BCUT2D eigenvalue weighted by Crippen LogP contribution is -2.14. The minimum atomic E-state index is 0.250. The Balaban J connectivity index is 1.38. The minimum absolute atomic E-state index is 0.250. The smallest absolute Gasteiger partial charge is 0.231 e. The highest BCUT2D eigenvalue weighted by atomic mass is 16.7. The van der Waals surface area contributed by atoms with E-state index >= 15 is 0 Å². The van der Waals surface area contributed by atoms with Crippen LogP contribution in [0.4, 0.5) is 0 Å². The third kappa shape index (κ3) is 4.47. The number of amidine groups is 1. The van der Waals surface area contributed by atoms with E-state index in [0.29, 0.717) is 31.2 Å². The Morgan fingerprint density at radius 2 is 1.80 bits per heavy atom. The minimum Gasteiger partial charge on any atom is -0.497 e. The van der Waals surface area contributed by atoms with Crippen molar-refractivity contribution in [2.45, 2.75) is 6.42 Å². The molecule has 0 aromatic heterocycles. The van der Waals surface area contributed by atoms with Crippen molar-refractivity contribution in [2.75, 3.05) is 27.1 Å². The van der Waals surface area contributed by atoms with Gasteiger partial charge in [-0.3, -0.25) is 0 Å². The molecule has 25 heavy (non-hydrogen) atoms. The molecule has 0 amide bonds. The van der Waals surface area contributed by atoms with E-state index in [9.17, 15) is 0 Å². The first-order chi connectivity index (χ1) is 12.3. The van der Waals surface area contributed by atoms with Crippen LogP contribution in [0.15, 0.2) is 47.6 Å². The predicted octanol–water partition coefficient (Wildman–Crippen LogP) is 2.53. The number of nitrogens with zero attached hydrogens (tertiary/aromatic N) is 1. The van der Waals surface area contributed by atoms with Crippen molar-refractivity contribution in [3.8, 4) is 23.0 Å². The summed E-state index contributed by atoms with van der Waals surface area (Å²) in [5, 5.41) is 3.90. The molecule has 0 unspecified atom stereocenters. The van der Waals surface area contributed by atoms with Gasteiger partial charge in [-0.05, 0) is 36.4 Å². The van der Waals surface area contributed by atoms with E-state index in [4.69, 9.17) is 29.5 Å². The number of rotatable bonds is 8. The van der Waals surface area contributed by atoms with E-state index in [1.165, 1.54) is 0 Å². The van der Waals surface area contributed by atoms with Gasteiger partial charge in [-0.2, -0.15) is 0 Å². The lowest BCUT2D eigenvalue weighted by atomic mass is 10.2. The van der Waals surface area contributed by atoms with Crippen molar-refractivity contribution in [3.05, 3.63) is 48.0 Å². The van der Waals surface area contributed by atoms with Gasteiger partial charge < -0.3 is 29.5 Å². The van der Waals surface area contributed by atoms with Gasteiger partial charge in [0.05, 0.1) is 13.7 Å². The Labute approximate surface area is 145 Å². The van der Waals surface area contributed by atoms with Crippen molar-refractivity contribution in [1.29, 1.82) is 0 Å². The van der Waals surface area contributed by atoms with Crippen molar-refractivity contribution in [2.24, 2.45) is 10.9 Å². The van der Waals surface area contributed by atoms with Gasteiger partial charge in [-0.25, -0.2) is 0 Å². The maximum absolute atomic E-state index is 5.87. The summed E-state index contributed by atoms with van der Waals surface area (Å²) in [6, 6.07) is 12.8. The molecule has 7 nitrogen and oxygen atoms in total. The van der Waals surface area contributed by atoms with Gasteiger partial charge >= 0.3 is 0 Å². The third-order valence-corrected chi connectivity index (χ3v) is 3.54. The fourth-order valence-electron chi connectivity index (χ4n) is 2.21. The Hall–Kier alpha value is -3.09. The average molecular weight is 344 g/mol. The van der Waals surface area contributed by atoms with Gasteiger partial charge in [-0.15, -0.1) is 0 Å². The van der Waals surface area contributed by atoms with Crippen LogP contribution in [-0.4, -0.2) is 33.0 Å². The molecule has 0 bridgehead atoms. The van der Waals surface area contributed by atoms with Crippen LogP contribution in [0.3, 0.4) is 0 Å². The molecule has 0 saturated carbocycles. The summed E-state index contributed by atoms with van der Waals surface area (Å²) in [4.78, 5) is 5.23. The van der Waals surface area contributed by atoms with Crippen LogP contribution >= 0.6 is 0 Å². The van der Waals surface area contributed by atoms with Crippen LogP contribution in [0.5, 0.6) is 23.0 Å². The summed E-state index contributed by atoms with van der Waals surface area (Å²) >= 11 is 0. The summed E-state index contributed by atoms with van der Waals surface area (Å²) < 4.78 is 21.3. The molecule has 0 fully saturated rings. The summed E-state index contributed by atoms with van der Waals surface area (Å²) in [5.74, 6) is 3.24. The monoisotopic (exact) mass is 344 g/mol. The maximum atomic E-state index is 5.87. The second-order valence-electron chi connectivity index (χ2n) is 5.26. The number of fused-ring (bicyclic) bond motifs is 1.